The molecular weight excluding hydrogens is 162 g/mol. The van der Waals surface area contributed by atoms with Gasteiger partial charge in [0.25, 0.3) is 5.88 Å². The normalized spacial score (nSPS) is 9.45. The third kappa shape index (κ3) is 3.04. The first kappa shape index (κ1) is 8.07. The van der Waals surface area contributed by atoms with Crippen LogP contribution in [-0.4, -0.2) is 10.8 Å². The zero-order valence-corrected chi connectivity index (χ0v) is 6.58. The number of thioether (sulfide) groups is 1. The van der Waals surface area contributed by atoms with Crippen LogP contribution >= 0.6 is 11.8 Å². The fourth-order valence-corrected chi connectivity index (χ4v) is 1.25. The van der Waals surface area contributed by atoms with Crippen molar-refractivity contribution in [2.45, 2.75) is 4.90 Å². The second-order valence-electron chi connectivity index (χ2n) is 1.92. The van der Waals surface area contributed by atoms with Crippen LogP contribution in [0, 0.1) is 10.1 Å². The summed E-state index contributed by atoms with van der Waals surface area (Å²) in [5.41, 5.74) is 0. The molecule has 58 valence electrons. The molecule has 0 N–H and O–H groups in total. The second kappa shape index (κ2) is 3.98. The van der Waals surface area contributed by atoms with Crippen molar-refractivity contribution in [1.82, 2.24) is 0 Å². The first-order valence-electron chi connectivity index (χ1n) is 3.08. The van der Waals surface area contributed by atoms with Crippen molar-refractivity contribution in [2.75, 3.05) is 5.88 Å². The molecule has 11 heavy (non-hydrogen) atoms. The summed E-state index contributed by atoms with van der Waals surface area (Å²) in [5.74, 6) is -0.0655. The number of rotatable bonds is 3. The molecule has 1 aromatic carbocycles. The second-order valence-corrected chi connectivity index (χ2v) is 2.94. The lowest BCUT2D eigenvalue weighted by molar-refractivity contribution is -0.456. The van der Waals surface area contributed by atoms with E-state index in [0.29, 0.717) is 0 Å². The van der Waals surface area contributed by atoms with E-state index >= 15 is 0 Å². The molecule has 0 aliphatic rings. The summed E-state index contributed by atoms with van der Waals surface area (Å²) < 4.78 is 0. The molecule has 0 saturated heterocycles. The van der Waals surface area contributed by atoms with E-state index in [2.05, 4.69) is 0 Å². The quantitative estimate of drug-likeness (QED) is 0.301. The molecule has 4 heteroatoms. The largest absolute Gasteiger partial charge is 0.264 e. The third-order valence-electron chi connectivity index (χ3n) is 1.08. The molecule has 0 aliphatic heterocycles. The highest BCUT2D eigenvalue weighted by Crippen LogP contribution is 2.15. The minimum atomic E-state index is -0.336. The summed E-state index contributed by atoms with van der Waals surface area (Å²) in [4.78, 5) is 10.6. The van der Waals surface area contributed by atoms with Gasteiger partial charge in [-0.15, -0.1) is 0 Å². The Bertz CT molecular complexity index is 237. The Morgan fingerprint density at radius 2 is 2.00 bits per heavy atom. The maximum absolute atomic E-state index is 9.96. The van der Waals surface area contributed by atoms with Crippen molar-refractivity contribution in [1.29, 1.82) is 0 Å². The van der Waals surface area contributed by atoms with Gasteiger partial charge < -0.3 is 0 Å². The first-order valence-corrected chi connectivity index (χ1v) is 4.07. The van der Waals surface area contributed by atoms with E-state index in [-0.39, 0.29) is 10.8 Å². The molecule has 3 nitrogen and oxygen atoms in total. The number of nitro groups is 1. The van der Waals surface area contributed by atoms with Gasteiger partial charge >= 0.3 is 0 Å². The zero-order valence-electron chi connectivity index (χ0n) is 5.77. The molecule has 0 radical (unpaired) electrons. The molecular formula is C7H7NO2S. The Morgan fingerprint density at radius 1 is 1.36 bits per heavy atom. The Labute approximate surface area is 68.6 Å². The van der Waals surface area contributed by atoms with Gasteiger partial charge in [-0.1, -0.05) is 30.0 Å². The van der Waals surface area contributed by atoms with E-state index in [9.17, 15) is 10.1 Å². The van der Waals surface area contributed by atoms with Gasteiger partial charge in [0.2, 0.25) is 0 Å². The Hall–Kier alpha value is -1.03. The van der Waals surface area contributed by atoms with E-state index in [4.69, 9.17) is 0 Å². The van der Waals surface area contributed by atoms with Crippen LogP contribution in [0.25, 0.3) is 0 Å². The van der Waals surface area contributed by atoms with Crippen LogP contribution in [0.5, 0.6) is 0 Å². The van der Waals surface area contributed by atoms with Gasteiger partial charge in [-0.3, -0.25) is 10.1 Å². The molecule has 0 amide bonds. The molecule has 0 heterocycles. The number of hydrogen-bond donors (Lipinski definition) is 0. The van der Waals surface area contributed by atoms with Crippen molar-refractivity contribution in [3.8, 4) is 0 Å². The van der Waals surface area contributed by atoms with Crippen LogP contribution in [0.4, 0.5) is 0 Å². The molecule has 1 aromatic rings. The first-order chi connectivity index (χ1) is 5.29. The van der Waals surface area contributed by atoms with Crippen LogP contribution in [0.15, 0.2) is 35.2 Å². The van der Waals surface area contributed by atoms with Crippen LogP contribution in [0.2, 0.25) is 0 Å². The number of nitrogens with zero attached hydrogens (tertiary/aromatic N) is 1. The Kier molecular flexibility index (Phi) is 2.92. The monoisotopic (exact) mass is 169 g/mol. The lowest BCUT2D eigenvalue weighted by atomic mass is 10.4. The number of hydrogen-bond acceptors (Lipinski definition) is 3. The van der Waals surface area contributed by atoms with Gasteiger partial charge in [0.1, 0.15) is 0 Å². The third-order valence-corrected chi connectivity index (χ3v) is 2.03. The van der Waals surface area contributed by atoms with E-state index in [1.165, 1.54) is 11.8 Å². The fraction of sp³-hybridized carbons (Fsp3) is 0.143. The van der Waals surface area contributed by atoms with Gasteiger partial charge in [-0.2, -0.15) is 0 Å². The highest BCUT2D eigenvalue weighted by Gasteiger charge is 1.97. The highest BCUT2D eigenvalue weighted by atomic mass is 32.2. The zero-order chi connectivity index (χ0) is 8.10. The van der Waals surface area contributed by atoms with E-state index < -0.39 is 0 Å². The fourth-order valence-electron chi connectivity index (χ4n) is 0.644. The standard InChI is InChI=1S/C7H7NO2S/c9-8(10)6-11-7-4-2-1-3-5-7/h1-5H,6H2. The summed E-state index contributed by atoms with van der Waals surface area (Å²) in [6, 6.07) is 9.32. The molecule has 0 unspecified atom stereocenters. The summed E-state index contributed by atoms with van der Waals surface area (Å²) in [6.07, 6.45) is 0. The van der Waals surface area contributed by atoms with E-state index in [1.54, 1.807) is 0 Å². The summed E-state index contributed by atoms with van der Waals surface area (Å²) in [6.45, 7) is 0. The Morgan fingerprint density at radius 3 is 2.55 bits per heavy atom. The van der Waals surface area contributed by atoms with Crippen LogP contribution in [0.3, 0.4) is 0 Å². The molecule has 1 rings (SSSR count). The SMILES string of the molecule is O=[N+]([O-])CSc1ccccc1. The van der Waals surface area contributed by atoms with E-state index in [1.807, 2.05) is 30.3 Å². The van der Waals surface area contributed by atoms with Crippen LogP contribution in [-0.2, 0) is 0 Å². The average molecular weight is 169 g/mol. The lowest BCUT2D eigenvalue weighted by Crippen LogP contribution is -1.94. The van der Waals surface area contributed by atoms with Crippen molar-refractivity contribution in [3.63, 3.8) is 0 Å². The topological polar surface area (TPSA) is 43.1 Å². The smallest absolute Gasteiger partial charge is 0.253 e. The van der Waals surface area contributed by atoms with Crippen LogP contribution < -0.4 is 0 Å². The van der Waals surface area contributed by atoms with Gasteiger partial charge in [0.05, 0.1) is 0 Å². The van der Waals surface area contributed by atoms with Crippen molar-refractivity contribution in [3.05, 3.63) is 40.4 Å². The minimum absolute atomic E-state index is 0.0655. The van der Waals surface area contributed by atoms with Gasteiger partial charge in [0.15, 0.2) is 0 Å². The maximum atomic E-state index is 9.96. The molecule has 0 aromatic heterocycles. The van der Waals surface area contributed by atoms with E-state index in [0.717, 1.165) is 4.90 Å². The van der Waals surface area contributed by atoms with Gasteiger partial charge in [-0.25, -0.2) is 0 Å². The lowest BCUT2D eigenvalue weighted by Gasteiger charge is -1.93. The molecule has 0 atom stereocenters. The van der Waals surface area contributed by atoms with Crippen molar-refractivity contribution >= 4 is 11.8 Å². The van der Waals surface area contributed by atoms with Crippen LogP contribution in [0.1, 0.15) is 0 Å². The average Bonchev–Trinajstić information content (AvgIpc) is 2.03. The maximum Gasteiger partial charge on any atom is 0.253 e. The molecule has 0 spiro atoms. The number of benzene rings is 1. The molecule has 0 aliphatic carbocycles. The van der Waals surface area contributed by atoms with Crippen molar-refractivity contribution < 1.29 is 4.92 Å². The van der Waals surface area contributed by atoms with Gasteiger partial charge in [-0.05, 0) is 12.1 Å². The van der Waals surface area contributed by atoms with Gasteiger partial charge in [0, 0.05) is 9.82 Å². The Balaban J connectivity index is 2.45. The molecule has 0 bridgehead atoms. The molecule has 0 fully saturated rings. The predicted octanol–water partition coefficient (Wildman–Crippen LogP) is 2.01. The minimum Gasteiger partial charge on any atom is -0.264 e. The summed E-state index contributed by atoms with van der Waals surface area (Å²) in [7, 11) is 0. The highest BCUT2D eigenvalue weighted by molar-refractivity contribution is 7.99. The summed E-state index contributed by atoms with van der Waals surface area (Å²) >= 11 is 1.23. The summed E-state index contributed by atoms with van der Waals surface area (Å²) in [5, 5.41) is 9.96. The molecule has 0 saturated carbocycles. The predicted molar refractivity (Wildman–Crippen MR) is 44.2 cm³/mol. The van der Waals surface area contributed by atoms with Crippen molar-refractivity contribution in [2.24, 2.45) is 0 Å².